The van der Waals surface area contributed by atoms with Crippen LogP contribution >= 0.6 is 0 Å². The quantitative estimate of drug-likeness (QED) is 0.712. The van der Waals surface area contributed by atoms with Gasteiger partial charge in [0.1, 0.15) is 11.6 Å². The number of likely N-dealkylation sites (N-methyl/N-ethyl adjacent to an activating group) is 1. The van der Waals surface area contributed by atoms with E-state index in [2.05, 4.69) is 37.2 Å². The van der Waals surface area contributed by atoms with E-state index in [0.29, 0.717) is 5.69 Å². The van der Waals surface area contributed by atoms with E-state index in [0.717, 1.165) is 32.0 Å². The summed E-state index contributed by atoms with van der Waals surface area (Å²) in [6.07, 6.45) is 1.58. The van der Waals surface area contributed by atoms with Gasteiger partial charge in [-0.25, -0.2) is 4.98 Å². The van der Waals surface area contributed by atoms with Gasteiger partial charge in [0.25, 0.3) is 5.91 Å². The molecule has 0 radical (unpaired) electrons. The van der Waals surface area contributed by atoms with Crippen molar-refractivity contribution in [3.05, 3.63) is 48.2 Å². The molecule has 0 aliphatic carbocycles. The first-order valence-corrected chi connectivity index (χ1v) is 9.43. The number of rotatable bonds is 7. The Morgan fingerprint density at radius 2 is 1.80 bits per heavy atom. The standard InChI is InChI=1S/C20H23F2N5O3/c1-26-8-10-27(11-9-26)17-7-4-15(12-23-17)25-18(28)13-24-19(29)14-2-5-16(6-3-14)30-20(21)22/h2-7,12,20H,8-11,13H2,1H3,(H,24,29)(H,25,28). The van der Waals surface area contributed by atoms with Crippen LogP contribution in [0, 0.1) is 0 Å². The maximum absolute atomic E-state index is 12.1. The summed E-state index contributed by atoms with van der Waals surface area (Å²) in [5.41, 5.74) is 0.753. The maximum Gasteiger partial charge on any atom is 0.387 e. The van der Waals surface area contributed by atoms with Gasteiger partial charge in [-0.3, -0.25) is 9.59 Å². The third-order valence-corrected chi connectivity index (χ3v) is 4.61. The van der Waals surface area contributed by atoms with Crippen molar-refractivity contribution >= 4 is 23.3 Å². The molecule has 2 aromatic rings. The van der Waals surface area contributed by atoms with Gasteiger partial charge in [0.05, 0.1) is 18.4 Å². The van der Waals surface area contributed by atoms with Crippen LogP contribution in [0.15, 0.2) is 42.6 Å². The molecule has 30 heavy (non-hydrogen) atoms. The Bertz CT molecular complexity index is 854. The number of hydrogen-bond donors (Lipinski definition) is 2. The molecule has 1 aliphatic rings. The zero-order valence-corrected chi connectivity index (χ0v) is 16.5. The fourth-order valence-corrected chi connectivity index (χ4v) is 2.94. The average Bonchev–Trinajstić information content (AvgIpc) is 2.73. The largest absolute Gasteiger partial charge is 0.435 e. The Kier molecular flexibility index (Phi) is 7.12. The molecule has 0 unspecified atom stereocenters. The maximum atomic E-state index is 12.1. The highest BCUT2D eigenvalue weighted by Gasteiger charge is 2.15. The lowest BCUT2D eigenvalue weighted by Gasteiger charge is -2.33. The average molecular weight is 419 g/mol. The molecule has 2 N–H and O–H groups in total. The van der Waals surface area contributed by atoms with Crippen LogP contribution in [0.4, 0.5) is 20.3 Å². The number of nitrogens with one attached hydrogen (secondary N) is 2. The third-order valence-electron chi connectivity index (χ3n) is 4.61. The van der Waals surface area contributed by atoms with Gasteiger partial charge in [-0.1, -0.05) is 0 Å². The number of benzene rings is 1. The molecule has 0 saturated carbocycles. The number of aromatic nitrogens is 1. The first kappa shape index (κ1) is 21.4. The summed E-state index contributed by atoms with van der Waals surface area (Å²) in [6.45, 7) is 0.573. The highest BCUT2D eigenvalue weighted by Crippen LogP contribution is 2.16. The summed E-state index contributed by atoms with van der Waals surface area (Å²) in [7, 11) is 2.08. The van der Waals surface area contributed by atoms with Crippen LogP contribution in [0.5, 0.6) is 5.75 Å². The van der Waals surface area contributed by atoms with E-state index in [9.17, 15) is 18.4 Å². The first-order valence-electron chi connectivity index (χ1n) is 9.43. The molecule has 2 heterocycles. The number of carbonyl (C=O) groups is 2. The molecular formula is C20H23F2N5O3. The molecule has 10 heteroatoms. The molecule has 3 rings (SSSR count). The highest BCUT2D eigenvalue weighted by atomic mass is 19.3. The number of hydrogen-bond acceptors (Lipinski definition) is 6. The van der Waals surface area contributed by atoms with Crippen molar-refractivity contribution in [3.8, 4) is 5.75 Å². The molecule has 160 valence electrons. The first-order chi connectivity index (χ1) is 14.4. The van der Waals surface area contributed by atoms with Crippen LogP contribution in [0.2, 0.25) is 0 Å². The lowest BCUT2D eigenvalue weighted by molar-refractivity contribution is -0.115. The number of piperazine rings is 1. The zero-order chi connectivity index (χ0) is 21.5. The van der Waals surface area contributed by atoms with Crippen LogP contribution in [-0.2, 0) is 4.79 Å². The number of alkyl halides is 2. The topological polar surface area (TPSA) is 86.8 Å². The minimum absolute atomic E-state index is 0.0492. The third kappa shape index (κ3) is 6.11. The van der Waals surface area contributed by atoms with E-state index in [1.165, 1.54) is 24.3 Å². The van der Waals surface area contributed by atoms with Crippen molar-refractivity contribution in [1.82, 2.24) is 15.2 Å². The van der Waals surface area contributed by atoms with Crippen molar-refractivity contribution in [1.29, 1.82) is 0 Å². The number of anilines is 2. The summed E-state index contributed by atoms with van der Waals surface area (Å²) in [5.74, 6) is -0.104. The molecule has 2 amide bonds. The second-order valence-electron chi connectivity index (χ2n) is 6.83. The van der Waals surface area contributed by atoms with Gasteiger partial charge in [-0.2, -0.15) is 8.78 Å². The van der Waals surface area contributed by atoms with E-state index < -0.39 is 18.4 Å². The van der Waals surface area contributed by atoms with Crippen molar-refractivity contribution in [2.45, 2.75) is 6.61 Å². The lowest BCUT2D eigenvalue weighted by atomic mass is 10.2. The molecule has 1 aromatic carbocycles. The van der Waals surface area contributed by atoms with Gasteiger partial charge >= 0.3 is 6.61 Å². The monoisotopic (exact) mass is 419 g/mol. The van der Waals surface area contributed by atoms with Crippen molar-refractivity contribution < 1.29 is 23.1 Å². The Labute approximate surface area is 172 Å². The highest BCUT2D eigenvalue weighted by molar-refractivity contribution is 5.99. The molecule has 1 aliphatic heterocycles. The van der Waals surface area contributed by atoms with E-state index in [1.807, 2.05) is 6.07 Å². The summed E-state index contributed by atoms with van der Waals surface area (Å²) < 4.78 is 28.5. The second-order valence-corrected chi connectivity index (χ2v) is 6.83. The van der Waals surface area contributed by atoms with Gasteiger partial charge in [0.15, 0.2) is 0 Å². The van der Waals surface area contributed by atoms with Gasteiger partial charge in [-0.05, 0) is 43.4 Å². The Hall–Kier alpha value is -3.27. The second kappa shape index (κ2) is 9.97. The van der Waals surface area contributed by atoms with E-state index in [1.54, 1.807) is 12.3 Å². The molecule has 1 aromatic heterocycles. The molecule has 0 bridgehead atoms. The Balaban J connectivity index is 1.45. The van der Waals surface area contributed by atoms with Crippen LogP contribution < -0.4 is 20.3 Å². The summed E-state index contributed by atoms with van der Waals surface area (Å²) >= 11 is 0. The van der Waals surface area contributed by atoms with Crippen LogP contribution in [0.3, 0.4) is 0 Å². The zero-order valence-electron chi connectivity index (χ0n) is 16.5. The van der Waals surface area contributed by atoms with E-state index in [4.69, 9.17) is 0 Å². The number of carbonyl (C=O) groups excluding carboxylic acids is 2. The summed E-state index contributed by atoms with van der Waals surface area (Å²) in [4.78, 5) is 33.0. The van der Waals surface area contributed by atoms with Crippen molar-refractivity contribution in [2.24, 2.45) is 0 Å². The van der Waals surface area contributed by atoms with Gasteiger partial charge in [0, 0.05) is 31.7 Å². The van der Waals surface area contributed by atoms with Crippen LogP contribution in [0.1, 0.15) is 10.4 Å². The Morgan fingerprint density at radius 3 is 2.40 bits per heavy atom. The van der Waals surface area contributed by atoms with Gasteiger partial charge < -0.3 is 25.2 Å². The molecule has 0 spiro atoms. The molecule has 8 nitrogen and oxygen atoms in total. The minimum atomic E-state index is -2.93. The molecule has 0 atom stereocenters. The van der Waals surface area contributed by atoms with Gasteiger partial charge in [-0.15, -0.1) is 0 Å². The fraction of sp³-hybridized carbons (Fsp3) is 0.350. The number of halogens is 2. The van der Waals surface area contributed by atoms with Crippen molar-refractivity contribution in [2.75, 3.05) is 50.0 Å². The predicted octanol–water partition coefficient (Wildman–Crippen LogP) is 1.80. The Morgan fingerprint density at radius 1 is 1.10 bits per heavy atom. The number of nitrogens with zero attached hydrogens (tertiary/aromatic N) is 3. The van der Waals surface area contributed by atoms with Gasteiger partial charge in [0.2, 0.25) is 5.91 Å². The van der Waals surface area contributed by atoms with E-state index in [-0.39, 0.29) is 17.9 Å². The normalized spacial score (nSPS) is 14.5. The predicted molar refractivity (Wildman–Crippen MR) is 108 cm³/mol. The number of amides is 2. The molecule has 1 fully saturated rings. The number of pyridine rings is 1. The summed E-state index contributed by atoms with van der Waals surface area (Å²) in [6, 6.07) is 8.81. The SMILES string of the molecule is CN1CCN(c2ccc(NC(=O)CNC(=O)c3ccc(OC(F)F)cc3)cn2)CC1. The smallest absolute Gasteiger partial charge is 0.387 e. The van der Waals surface area contributed by atoms with Crippen LogP contribution in [0.25, 0.3) is 0 Å². The number of ether oxygens (including phenoxy) is 1. The fourth-order valence-electron chi connectivity index (χ4n) is 2.94. The van der Waals surface area contributed by atoms with Crippen LogP contribution in [-0.4, -0.2) is 68.1 Å². The minimum Gasteiger partial charge on any atom is -0.435 e. The lowest BCUT2D eigenvalue weighted by Crippen LogP contribution is -2.44. The molecular weight excluding hydrogens is 396 g/mol. The molecule has 1 saturated heterocycles. The van der Waals surface area contributed by atoms with E-state index >= 15 is 0 Å². The summed E-state index contributed by atoms with van der Waals surface area (Å²) in [5, 5.41) is 5.14. The van der Waals surface area contributed by atoms with Crippen molar-refractivity contribution in [3.63, 3.8) is 0 Å².